The zero-order chi connectivity index (χ0) is 45.6. The molecule has 0 aromatic carbocycles. The fourth-order valence-electron chi connectivity index (χ4n) is 6.31. The molecule has 0 rings (SSSR count). The zero-order valence-electron chi connectivity index (χ0n) is 39.7. The molecule has 8 nitrogen and oxygen atoms in total. The van der Waals surface area contributed by atoms with Crippen molar-refractivity contribution < 1.29 is 38.2 Å². The molecule has 62 heavy (non-hydrogen) atoms. The maximum atomic E-state index is 12.7. The van der Waals surface area contributed by atoms with E-state index >= 15 is 0 Å². The molecule has 0 spiro atoms. The molecule has 2 atom stereocenters. The highest BCUT2D eigenvalue weighted by atomic mass is 16.6. The van der Waals surface area contributed by atoms with Gasteiger partial charge in [0.15, 0.2) is 6.10 Å². The summed E-state index contributed by atoms with van der Waals surface area (Å²) in [6, 6.07) is -0.739. The fraction of sp³-hybridized carbons (Fsp3) is 0.611. The SMILES string of the molecule is CC/C=C/C=C/C=C/CCCCCCCCCC(=O)OC(COCCC(C(=O)[O-])[N+](C)(C)C)COC(=O)CCCCCC/C=C/C/C=C/C/C=C/C/C=C/C/C=C/C/C=C/CC. The van der Waals surface area contributed by atoms with Gasteiger partial charge in [-0.15, -0.1) is 0 Å². The summed E-state index contributed by atoms with van der Waals surface area (Å²) in [6.07, 6.45) is 59.7. The third-order valence-electron chi connectivity index (χ3n) is 9.97. The van der Waals surface area contributed by atoms with Crippen molar-refractivity contribution in [3.05, 3.63) is 109 Å². The van der Waals surface area contributed by atoms with E-state index in [2.05, 4.69) is 123 Å². The number of hydrogen-bond acceptors (Lipinski definition) is 7. The monoisotopic (exact) mass is 862 g/mol. The molecule has 0 aromatic heterocycles. The number of allylic oxidation sites excluding steroid dienone is 18. The minimum absolute atomic E-state index is 0.0198. The van der Waals surface area contributed by atoms with Crippen molar-refractivity contribution in [3.63, 3.8) is 0 Å². The molecule has 0 aliphatic carbocycles. The van der Waals surface area contributed by atoms with Gasteiger partial charge in [-0.3, -0.25) is 9.59 Å². The Morgan fingerprint density at radius 3 is 1.44 bits per heavy atom. The van der Waals surface area contributed by atoms with Crippen molar-refractivity contribution in [3.8, 4) is 0 Å². The van der Waals surface area contributed by atoms with Gasteiger partial charge >= 0.3 is 11.9 Å². The Balaban J connectivity index is 4.37. The highest BCUT2D eigenvalue weighted by Gasteiger charge is 2.25. The Kier molecular flexibility index (Phi) is 40.8. The average molecular weight is 862 g/mol. The van der Waals surface area contributed by atoms with Crippen LogP contribution in [0.25, 0.3) is 0 Å². The molecule has 0 aliphatic rings. The van der Waals surface area contributed by atoms with E-state index < -0.39 is 18.1 Å². The number of unbranched alkanes of at least 4 members (excludes halogenated alkanes) is 11. The quantitative estimate of drug-likeness (QED) is 0.0198. The first-order chi connectivity index (χ1) is 30.1. The number of rotatable bonds is 41. The van der Waals surface area contributed by atoms with Crippen LogP contribution in [0.2, 0.25) is 0 Å². The number of likely N-dealkylation sites (N-methyl/N-ethyl adjacent to an activating group) is 1. The van der Waals surface area contributed by atoms with Gasteiger partial charge in [0, 0.05) is 19.3 Å². The topological polar surface area (TPSA) is 102 Å². The number of hydrogen-bond donors (Lipinski definition) is 0. The Hall–Kier alpha value is -4.01. The second kappa shape index (κ2) is 43.6. The van der Waals surface area contributed by atoms with Crippen LogP contribution in [-0.2, 0) is 28.6 Å². The Labute approximate surface area is 378 Å². The third-order valence-corrected chi connectivity index (χ3v) is 9.97. The van der Waals surface area contributed by atoms with E-state index in [0.717, 1.165) is 109 Å². The molecule has 0 heterocycles. The lowest BCUT2D eigenvalue weighted by Gasteiger charge is -2.34. The standard InChI is InChI=1S/C54H87NO7/c1-6-8-10-12-14-16-18-20-22-23-24-25-26-27-28-29-31-32-34-36-38-40-42-44-52(56)61-49-50(48-60-47-46-51(54(58)59)55(3,4)5)62-53(57)45-43-41-39-37-35-33-30-21-19-17-15-13-11-9-7-2/h8-11,13-17,19-20,22,24-25,27-28,31-32,50-51H,6-7,12,18,21,23,26,29-30,33-49H2,1-5H3/b10-8+,11-9+,15-13+,16-14+,19-17+,22-20+,25-24+,28-27+,32-31+. The largest absolute Gasteiger partial charge is 0.544 e. The summed E-state index contributed by atoms with van der Waals surface area (Å²) < 4.78 is 17.2. The summed E-state index contributed by atoms with van der Waals surface area (Å²) >= 11 is 0. The lowest BCUT2D eigenvalue weighted by atomic mass is 10.1. The molecule has 0 aliphatic heterocycles. The fourth-order valence-corrected chi connectivity index (χ4v) is 6.31. The molecule has 0 fully saturated rings. The molecular weight excluding hydrogens is 775 g/mol. The predicted octanol–water partition coefficient (Wildman–Crippen LogP) is 12.3. The highest BCUT2D eigenvalue weighted by molar-refractivity contribution is 5.70. The number of ether oxygens (including phenoxy) is 3. The summed E-state index contributed by atoms with van der Waals surface area (Å²) in [6.45, 7) is 4.36. The van der Waals surface area contributed by atoms with Crippen LogP contribution in [0.4, 0.5) is 0 Å². The van der Waals surface area contributed by atoms with Gasteiger partial charge in [-0.2, -0.15) is 0 Å². The van der Waals surface area contributed by atoms with Gasteiger partial charge in [-0.1, -0.05) is 168 Å². The summed E-state index contributed by atoms with van der Waals surface area (Å²) in [5.41, 5.74) is 0. The van der Waals surface area contributed by atoms with Crippen molar-refractivity contribution in [2.75, 3.05) is 41.0 Å². The van der Waals surface area contributed by atoms with Crippen LogP contribution in [0.15, 0.2) is 109 Å². The van der Waals surface area contributed by atoms with Crippen LogP contribution < -0.4 is 5.11 Å². The summed E-state index contributed by atoms with van der Waals surface area (Å²) in [7, 11) is 5.38. The number of carboxylic acids is 1. The van der Waals surface area contributed by atoms with Crippen LogP contribution in [0.5, 0.6) is 0 Å². The van der Waals surface area contributed by atoms with Crippen molar-refractivity contribution in [1.82, 2.24) is 0 Å². The van der Waals surface area contributed by atoms with Crippen molar-refractivity contribution >= 4 is 17.9 Å². The molecule has 2 unspecified atom stereocenters. The second-order valence-electron chi connectivity index (χ2n) is 16.6. The normalized spacial score (nSPS) is 13.9. The van der Waals surface area contributed by atoms with Crippen LogP contribution in [-0.4, -0.2) is 75.5 Å². The van der Waals surface area contributed by atoms with E-state index in [1.807, 2.05) is 0 Å². The first-order valence-electron chi connectivity index (χ1n) is 23.9. The summed E-state index contributed by atoms with van der Waals surface area (Å²) in [5.74, 6) is -1.80. The van der Waals surface area contributed by atoms with E-state index in [1.54, 1.807) is 21.1 Å². The molecule has 0 saturated carbocycles. The highest BCUT2D eigenvalue weighted by Crippen LogP contribution is 2.13. The van der Waals surface area contributed by atoms with E-state index in [9.17, 15) is 19.5 Å². The molecule has 350 valence electrons. The van der Waals surface area contributed by atoms with Crippen molar-refractivity contribution in [1.29, 1.82) is 0 Å². The van der Waals surface area contributed by atoms with Gasteiger partial charge in [0.1, 0.15) is 12.6 Å². The molecule has 0 radical (unpaired) electrons. The maximum Gasteiger partial charge on any atom is 0.306 e. The van der Waals surface area contributed by atoms with E-state index in [4.69, 9.17) is 14.2 Å². The number of carbonyl (C=O) groups excluding carboxylic acids is 3. The molecule has 0 N–H and O–H groups in total. The van der Waals surface area contributed by atoms with Gasteiger partial charge in [-0.05, 0) is 83.5 Å². The van der Waals surface area contributed by atoms with Gasteiger partial charge in [0.05, 0.1) is 40.3 Å². The smallest absolute Gasteiger partial charge is 0.306 e. The third kappa shape index (κ3) is 41.3. The van der Waals surface area contributed by atoms with Crippen LogP contribution in [0, 0.1) is 0 Å². The number of carboxylic acid groups (broad SMARTS) is 1. The van der Waals surface area contributed by atoms with Gasteiger partial charge in [0.2, 0.25) is 0 Å². The Morgan fingerprint density at radius 2 is 0.935 bits per heavy atom. The summed E-state index contributed by atoms with van der Waals surface area (Å²) in [5, 5.41) is 11.6. The van der Waals surface area contributed by atoms with Crippen molar-refractivity contribution in [2.24, 2.45) is 0 Å². The Bertz CT molecular complexity index is 1370. The predicted molar refractivity (Wildman–Crippen MR) is 258 cm³/mol. The zero-order valence-corrected chi connectivity index (χ0v) is 39.7. The van der Waals surface area contributed by atoms with E-state index in [1.165, 1.54) is 19.3 Å². The lowest BCUT2D eigenvalue weighted by molar-refractivity contribution is -0.889. The van der Waals surface area contributed by atoms with Crippen molar-refractivity contribution in [2.45, 2.75) is 174 Å². The van der Waals surface area contributed by atoms with E-state index in [0.29, 0.717) is 12.8 Å². The minimum Gasteiger partial charge on any atom is -0.544 e. The molecule has 0 aromatic rings. The Morgan fingerprint density at radius 1 is 0.500 bits per heavy atom. The lowest BCUT2D eigenvalue weighted by Crippen LogP contribution is -2.55. The number of carbonyl (C=O) groups is 3. The molecule has 0 bridgehead atoms. The first-order valence-corrected chi connectivity index (χ1v) is 23.9. The molecule has 8 heteroatoms. The van der Waals surface area contributed by atoms with Crippen LogP contribution in [0.3, 0.4) is 0 Å². The number of quaternary nitrogens is 1. The minimum atomic E-state index is -1.14. The second-order valence-corrected chi connectivity index (χ2v) is 16.6. The van der Waals surface area contributed by atoms with Crippen LogP contribution >= 0.6 is 0 Å². The molecular formula is C54H87NO7. The summed E-state index contributed by atoms with van der Waals surface area (Å²) in [4.78, 5) is 37.0. The van der Waals surface area contributed by atoms with Gasteiger partial charge in [-0.25, -0.2) is 0 Å². The molecule has 0 amide bonds. The van der Waals surface area contributed by atoms with Crippen LogP contribution in [0.1, 0.15) is 162 Å². The number of esters is 2. The number of nitrogens with zero attached hydrogens (tertiary/aromatic N) is 1. The maximum absolute atomic E-state index is 12.7. The first kappa shape index (κ1) is 58.0. The molecule has 0 saturated heterocycles. The average Bonchev–Trinajstić information content (AvgIpc) is 3.23. The van der Waals surface area contributed by atoms with Gasteiger partial charge < -0.3 is 28.6 Å². The van der Waals surface area contributed by atoms with Gasteiger partial charge in [0.25, 0.3) is 0 Å². The number of aliphatic carboxylic acids is 1. The van der Waals surface area contributed by atoms with E-state index in [-0.39, 0.29) is 42.7 Å².